The number of hydrogen-bond acceptors (Lipinski definition) is 3. The molecule has 0 radical (unpaired) electrons. The van der Waals surface area contributed by atoms with Gasteiger partial charge < -0.3 is 11.1 Å². The Hall–Kier alpha value is -2.43. The summed E-state index contributed by atoms with van der Waals surface area (Å²) >= 11 is 0. The second kappa shape index (κ2) is 5.95. The molecule has 0 unspecified atom stereocenters. The van der Waals surface area contributed by atoms with E-state index in [2.05, 4.69) is 10.3 Å². The Balaban J connectivity index is 1.93. The first-order valence-corrected chi connectivity index (χ1v) is 5.90. The number of nitrogens with zero attached hydrogens (tertiary/aromatic N) is 1. The molecule has 5 heteroatoms. The van der Waals surface area contributed by atoms with E-state index in [0.717, 1.165) is 5.69 Å². The molecule has 1 heterocycles. The number of nitrogen functional groups attached to an aromatic ring is 1. The second-order valence-corrected chi connectivity index (χ2v) is 4.10. The maximum absolute atomic E-state index is 13.0. The average Bonchev–Trinajstić information content (AvgIpc) is 2.42. The maximum Gasteiger partial charge on any atom is 0.224 e. The molecule has 1 amide bonds. The standard InChI is InChI=1S/C14H14FN3O/c15-10-4-6-12(16)13(9-10)18-14(19)7-5-11-3-1-2-8-17-11/h1-4,6,8-9H,5,7,16H2,(H,18,19). The number of halogens is 1. The normalized spacial score (nSPS) is 10.2. The van der Waals surface area contributed by atoms with E-state index in [0.29, 0.717) is 17.8 Å². The van der Waals surface area contributed by atoms with Gasteiger partial charge in [0.1, 0.15) is 5.82 Å². The number of rotatable bonds is 4. The van der Waals surface area contributed by atoms with Gasteiger partial charge in [-0.25, -0.2) is 4.39 Å². The van der Waals surface area contributed by atoms with Gasteiger partial charge >= 0.3 is 0 Å². The first kappa shape index (κ1) is 13.0. The predicted molar refractivity (Wildman–Crippen MR) is 72.0 cm³/mol. The Morgan fingerprint density at radius 3 is 2.89 bits per heavy atom. The summed E-state index contributed by atoms with van der Waals surface area (Å²) in [7, 11) is 0. The van der Waals surface area contributed by atoms with Crippen LogP contribution in [0.3, 0.4) is 0 Å². The largest absolute Gasteiger partial charge is 0.397 e. The van der Waals surface area contributed by atoms with Crippen molar-refractivity contribution in [2.45, 2.75) is 12.8 Å². The molecule has 0 aliphatic heterocycles. The number of benzene rings is 1. The van der Waals surface area contributed by atoms with Crippen LogP contribution in [0.5, 0.6) is 0 Å². The number of hydrogen-bond donors (Lipinski definition) is 2. The topological polar surface area (TPSA) is 68.0 Å². The molecule has 0 bridgehead atoms. The molecule has 4 nitrogen and oxygen atoms in total. The van der Waals surface area contributed by atoms with Crippen molar-refractivity contribution >= 4 is 17.3 Å². The van der Waals surface area contributed by atoms with Gasteiger partial charge in [-0.15, -0.1) is 0 Å². The molecule has 1 aromatic heterocycles. The molecular formula is C14H14FN3O. The van der Waals surface area contributed by atoms with Gasteiger partial charge in [0, 0.05) is 18.3 Å². The van der Waals surface area contributed by atoms with Gasteiger partial charge in [0.05, 0.1) is 11.4 Å². The summed E-state index contributed by atoms with van der Waals surface area (Å²) in [4.78, 5) is 15.9. The van der Waals surface area contributed by atoms with Crippen LogP contribution in [0.1, 0.15) is 12.1 Å². The summed E-state index contributed by atoms with van der Waals surface area (Å²) in [5.74, 6) is -0.655. The van der Waals surface area contributed by atoms with Crippen molar-refractivity contribution in [3.8, 4) is 0 Å². The summed E-state index contributed by atoms with van der Waals surface area (Å²) in [6.45, 7) is 0. The monoisotopic (exact) mass is 259 g/mol. The summed E-state index contributed by atoms with van der Waals surface area (Å²) in [5, 5.41) is 2.59. The lowest BCUT2D eigenvalue weighted by atomic mass is 10.2. The van der Waals surface area contributed by atoms with Crippen LogP contribution in [-0.4, -0.2) is 10.9 Å². The predicted octanol–water partition coefficient (Wildman–Crippen LogP) is 2.37. The highest BCUT2D eigenvalue weighted by molar-refractivity contribution is 5.93. The molecular weight excluding hydrogens is 245 g/mol. The van der Waals surface area contributed by atoms with Crippen LogP contribution in [0.4, 0.5) is 15.8 Å². The molecule has 0 aliphatic carbocycles. The Bertz CT molecular complexity index is 572. The highest BCUT2D eigenvalue weighted by Crippen LogP contribution is 2.19. The van der Waals surface area contributed by atoms with E-state index in [9.17, 15) is 9.18 Å². The average molecular weight is 259 g/mol. The third kappa shape index (κ3) is 3.77. The van der Waals surface area contributed by atoms with Gasteiger partial charge in [-0.1, -0.05) is 6.07 Å². The molecule has 0 fully saturated rings. The van der Waals surface area contributed by atoms with Crippen LogP contribution in [-0.2, 0) is 11.2 Å². The van der Waals surface area contributed by atoms with Crippen LogP contribution in [0.25, 0.3) is 0 Å². The molecule has 3 N–H and O–H groups in total. The highest BCUT2D eigenvalue weighted by Gasteiger charge is 2.07. The van der Waals surface area contributed by atoms with Crippen LogP contribution >= 0.6 is 0 Å². The SMILES string of the molecule is Nc1ccc(F)cc1NC(=O)CCc1ccccn1. The zero-order valence-electron chi connectivity index (χ0n) is 10.3. The number of amides is 1. The van der Waals surface area contributed by atoms with Gasteiger partial charge in [0.2, 0.25) is 5.91 Å². The summed E-state index contributed by atoms with van der Waals surface area (Å²) in [6.07, 6.45) is 2.48. The van der Waals surface area contributed by atoms with E-state index in [1.54, 1.807) is 6.20 Å². The van der Waals surface area contributed by atoms with E-state index in [-0.39, 0.29) is 12.3 Å². The summed E-state index contributed by atoms with van der Waals surface area (Å²) in [6, 6.07) is 9.40. The molecule has 1 aromatic carbocycles. The van der Waals surface area contributed by atoms with Crippen LogP contribution in [0.2, 0.25) is 0 Å². The lowest BCUT2D eigenvalue weighted by Gasteiger charge is -2.08. The van der Waals surface area contributed by atoms with Crippen molar-refractivity contribution in [1.29, 1.82) is 0 Å². The minimum atomic E-state index is -0.436. The van der Waals surface area contributed by atoms with E-state index >= 15 is 0 Å². The van der Waals surface area contributed by atoms with Gasteiger partial charge in [-0.05, 0) is 36.8 Å². The van der Waals surface area contributed by atoms with Crippen molar-refractivity contribution in [2.75, 3.05) is 11.1 Å². The van der Waals surface area contributed by atoms with Crippen molar-refractivity contribution < 1.29 is 9.18 Å². The Labute approximate surface area is 110 Å². The molecule has 0 saturated carbocycles. The number of carbonyl (C=O) groups excluding carboxylic acids is 1. The van der Waals surface area contributed by atoms with Crippen LogP contribution < -0.4 is 11.1 Å². The van der Waals surface area contributed by atoms with E-state index in [1.165, 1.54) is 18.2 Å². The minimum absolute atomic E-state index is 0.219. The third-order valence-electron chi connectivity index (χ3n) is 2.62. The number of nitrogens with two attached hydrogens (primary N) is 1. The molecule has 19 heavy (non-hydrogen) atoms. The molecule has 0 spiro atoms. The molecule has 0 aliphatic rings. The molecule has 0 atom stereocenters. The molecule has 2 aromatic rings. The number of nitrogens with one attached hydrogen (secondary N) is 1. The number of aromatic nitrogens is 1. The van der Waals surface area contributed by atoms with Gasteiger partial charge in [-0.3, -0.25) is 9.78 Å². The van der Waals surface area contributed by atoms with Gasteiger partial charge in [-0.2, -0.15) is 0 Å². The van der Waals surface area contributed by atoms with Crippen molar-refractivity contribution in [3.05, 3.63) is 54.1 Å². The number of aryl methyl sites for hydroxylation is 1. The first-order valence-electron chi connectivity index (χ1n) is 5.90. The highest BCUT2D eigenvalue weighted by atomic mass is 19.1. The second-order valence-electron chi connectivity index (χ2n) is 4.10. The quantitative estimate of drug-likeness (QED) is 0.828. The van der Waals surface area contributed by atoms with Crippen LogP contribution in [0.15, 0.2) is 42.6 Å². The fraction of sp³-hybridized carbons (Fsp3) is 0.143. The number of pyridine rings is 1. The molecule has 0 saturated heterocycles. The Kier molecular flexibility index (Phi) is 4.07. The summed E-state index contributed by atoms with van der Waals surface area (Å²) < 4.78 is 13.0. The van der Waals surface area contributed by atoms with Crippen molar-refractivity contribution in [1.82, 2.24) is 4.98 Å². The fourth-order valence-electron chi connectivity index (χ4n) is 1.64. The third-order valence-corrected chi connectivity index (χ3v) is 2.62. The minimum Gasteiger partial charge on any atom is -0.397 e. The van der Waals surface area contributed by atoms with Crippen molar-refractivity contribution in [3.63, 3.8) is 0 Å². The lowest BCUT2D eigenvalue weighted by Crippen LogP contribution is -2.14. The zero-order valence-corrected chi connectivity index (χ0v) is 10.3. The van der Waals surface area contributed by atoms with Gasteiger partial charge in [0.15, 0.2) is 0 Å². The van der Waals surface area contributed by atoms with Crippen LogP contribution in [0, 0.1) is 5.82 Å². The zero-order chi connectivity index (χ0) is 13.7. The number of carbonyl (C=O) groups is 1. The van der Waals surface area contributed by atoms with E-state index in [1.807, 2.05) is 18.2 Å². The maximum atomic E-state index is 13.0. The lowest BCUT2D eigenvalue weighted by molar-refractivity contribution is -0.116. The van der Waals surface area contributed by atoms with Crippen molar-refractivity contribution in [2.24, 2.45) is 0 Å². The van der Waals surface area contributed by atoms with E-state index < -0.39 is 5.82 Å². The fourth-order valence-corrected chi connectivity index (χ4v) is 1.64. The first-order chi connectivity index (χ1) is 9.15. The van der Waals surface area contributed by atoms with Gasteiger partial charge in [0.25, 0.3) is 0 Å². The van der Waals surface area contributed by atoms with E-state index in [4.69, 9.17) is 5.73 Å². The molecule has 98 valence electrons. The smallest absolute Gasteiger partial charge is 0.224 e. The number of anilines is 2. The Morgan fingerprint density at radius 1 is 1.32 bits per heavy atom. The molecule has 2 rings (SSSR count). The summed E-state index contributed by atoms with van der Waals surface area (Å²) in [5.41, 5.74) is 7.13. The Morgan fingerprint density at radius 2 is 2.16 bits per heavy atom.